The van der Waals surface area contributed by atoms with Gasteiger partial charge in [-0.25, -0.2) is 0 Å². The van der Waals surface area contributed by atoms with E-state index in [1.54, 1.807) is 26.0 Å². The van der Waals surface area contributed by atoms with Crippen LogP contribution in [0.15, 0.2) is 58.4 Å². The minimum Gasteiger partial charge on any atom is -0.493 e. The van der Waals surface area contributed by atoms with Crippen molar-refractivity contribution in [1.82, 2.24) is 4.98 Å². The summed E-state index contributed by atoms with van der Waals surface area (Å²) in [7, 11) is 3.22. The van der Waals surface area contributed by atoms with Gasteiger partial charge < -0.3 is 14.5 Å². The fraction of sp³-hybridized carbons (Fsp3) is 0.370. The van der Waals surface area contributed by atoms with E-state index in [1.165, 1.54) is 16.2 Å². The van der Waals surface area contributed by atoms with Gasteiger partial charge in [0.25, 0.3) is 0 Å². The van der Waals surface area contributed by atoms with Crippen LogP contribution in [0.2, 0.25) is 0 Å². The zero-order valence-electron chi connectivity index (χ0n) is 19.7. The maximum Gasteiger partial charge on any atom is 0.305 e. The Bertz CT molecular complexity index is 1450. The minimum absolute atomic E-state index is 0.0559. The molecule has 0 spiro atoms. The summed E-state index contributed by atoms with van der Waals surface area (Å²) in [6, 6.07) is 15.2. The van der Waals surface area contributed by atoms with Crippen LogP contribution in [0.5, 0.6) is 11.5 Å². The van der Waals surface area contributed by atoms with Crippen molar-refractivity contribution in [1.29, 1.82) is 0 Å². The summed E-state index contributed by atoms with van der Waals surface area (Å²) < 4.78 is 11.1. The highest BCUT2D eigenvalue weighted by Crippen LogP contribution is 2.68. The lowest BCUT2D eigenvalue weighted by Crippen LogP contribution is -2.42. The predicted molar refractivity (Wildman–Crippen MR) is 137 cm³/mol. The van der Waals surface area contributed by atoms with Crippen LogP contribution in [0, 0.1) is 29.6 Å². The van der Waals surface area contributed by atoms with E-state index in [-0.39, 0.29) is 57.4 Å². The Morgan fingerprint density at radius 2 is 1.64 bits per heavy atom. The number of nitrogens with one attached hydrogen (secondary N) is 1. The van der Waals surface area contributed by atoms with Crippen LogP contribution in [-0.2, 0) is 9.59 Å². The topological polar surface area (TPSA) is 88.7 Å². The maximum absolute atomic E-state index is 13.7. The molecule has 2 saturated carbocycles. The maximum atomic E-state index is 13.7. The summed E-state index contributed by atoms with van der Waals surface area (Å²) >= 11 is 2.94. The lowest BCUT2D eigenvalue weighted by Gasteiger charge is -2.43. The molecule has 184 valence electrons. The van der Waals surface area contributed by atoms with E-state index in [9.17, 15) is 14.4 Å². The molecule has 3 heterocycles. The number of hydrogen-bond acceptors (Lipinski definition) is 7. The van der Waals surface area contributed by atoms with Crippen LogP contribution in [0.4, 0.5) is 5.69 Å². The van der Waals surface area contributed by atoms with Crippen LogP contribution >= 0.6 is 23.1 Å². The number of nitrogens with zero attached hydrogens (tertiary/aromatic N) is 1. The average molecular weight is 521 g/mol. The Morgan fingerprint density at radius 1 is 0.917 bits per heavy atom. The van der Waals surface area contributed by atoms with E-state index < -0.39 is 0 Å². The van der Waals surface area contributed by atoms with Gasteiger partial charge in [0.15, 0.2) is 11.5 Å². The number of aromatic amines is 1. The van der Waals surface area contributed by atoms with Crippen molar-refractivity contribution in [2.75, 3.05) is 19.1 Å². The van der Waals surface area contributed by atoms with E-state index >= 15 is 0 Å². The Morgan fingerprint density at radius 3 is 2.36 bits per heavy atom. The molecule has 1 N–H and O–H groups in total. The van der Waals surface area contributed by atoms with E-state index in [4.69, 9.17) is 9.47 Å². The predicted octanol–water partition coefficient (Wildman–Crippen LogP) is 4.13. The highest BCUT2D eigenvalue weighted by molar-refractivity contribution is 8.00. The van der Waals surface area contributed by atoms with Crippen molar-refractivity contribution in [3.8, 4) is 11.5 Å². The first-order chi connectivity index (χ1) is 17.5. The number of amides is 2. The molecule has 9 heteroatoms. The van der Waals surface area contributed by atoms with Gasteiger partial charge >= 0.3 is 4.87 Å². The van der Waals surface area contributed by atoms with Gasteiger partial charge in [0, 0.05) is 16.0 Å². The lowest BCUT2D eigenvalue weighted by molar-refractivity contribution is -0.123. The molecule has 7 atom stereocenters. The molecule has 2 amide bonds. The molecule has 2 aliphatic heterocycles. The number of rotatable bonds is 4. The average Bonchev–Trinajstić information content (AvgIpc) is 3.62. The van der Waals surface area contributed by atoms with Crippen LogP contribution in [0.25, 0.3) is 0 Å². The summed E-state index contributed by atoms with van der Waals surface area (Å²) in [5.74, 6) is 0.780. The third-order valence-corrected chi connectivity index (χ3v) is 11.1. The van der Waals surface area contributed by atoms with Gasteiger partial charge in [-0.1, -0.05) is 35.6 Å². The first-order valence-electron chi connectivity index (χ1n) is 12.1. The number of fused-ring (bicyclic) bond motifs is 9. The number of benzene rings is 2. The van der Waals surface area contributed by atoms with Crippen molar-refractivity contribution < 1.29 is 19.1 Å². The molecule has 2 bridgehead atoms. The molecule has 3 aromatic rings. The van der Waals surface area contributed by atoms with Crippen molar-refractivity contribution in [2.45, 2.75) is 22.6 Å². The molecule has 1 saturated heterocycles. The van der Waals surface area contributed by atoms with Crippen molar-refractivity contribution >= 4 is 40.6 Å². The van der Waals surface area contributed by atoms with Gasteiger partial charge in [-0.3, -0.25) is 19.3 Å². The minimum atomic E-state index is -0.315. The number of imide groups is 1. The molecule has 36 heavy (non-hydrogen) atoms. The van der Waals surface area contributed by atoms with E-state index in [1.807, 2.05) is 48.5 Å². The van der Waals surface area contributed by atoms with E-state index in [2.05, 4.69) is 4.98 Å². The van der Waals surface area contributed by atoms with Gasteiger partial charge in [-0.2, -0.15) is 0 Å². The van der Waals surface area contributed by atoms with Crippen LogP contribution < -0.4 is 19.2 Å². The second-order valence-electron chi connectivity index (χ2n) is 9.92. The molecule has 4 aliphatic rings. The molecule has 2 aliphatic carbocycles. The third kappa shape index (κ3) is 2.90. The van der Waals surface area contributed by atoms with Crippen molar-refractivity contribution in [3.63, 3.8) is 0 Å². The number of para-hydroxylation sites is 1. The summed E-state index contributed by atoms with van der Waals surface area (Å²) in [5, 5.41) is 1.05. The quantitative estimate of drug-likeness (QED) is 0.521. The molecule has 0 unspecified atom stereocenters. The summed E-state index contributed by atoms with van der Waals surface area (Å²) in [6.45, 7) is 0. The van der Waals surface area contributed by atoms with Crippen LogP contribution in [-0.4, -0.2) is 36.3 Å². The lowest BCUT2D eigenvalue weighted by atomic mass is 9.68. The normalized spacial score (nSPS) is 31.8. The fourth-order valence-electron chi connectivity index (χ4n) is 7.27. The number of thiazole rings is 1. The SMILES string of the molecule is COc1ccc([C@H]2c3sc(=O)[nH]c3S[C@H]3[C@@H]4C[C@H]([C@H]5C(=O)N(c6ccccc6)C(=O)[C@H]45)[C@H]23)cc1OC. The van der Waals surface area contributed by atoms with Gasteiger partial charge in [-0.05, 0) is 54.0 Å². The van der Waals surface area contributed by atoms with Crippen molar-refractivity contribution in [3.05, 3.63) is 68.6 Å². The Hall–Kier alpha value is -3.04. The molecular weight excluding hydrogens is 496 g/mol. The Labute approximate surface area is 215 Å². The Balaban J connectivity index is 1.34. The monoisotopic (exact) mass is 520 g/mol. The number of ether oxygens (including phenoxy) is 2. The van der Waals surface area contributed by atoms with Gasteiger partial charge in [-0.15, -0.1) is 11.8 Å². The van der Waals surface area contributed by atoms with Gasteiger partial charge in [0.05, 0.1) is 36.8 Å². The second kappa shape index (κ2) is 7.98. The molecule has 2 aromatic carbocycles. The molecular formula is C27H24N2O5S2. The zero-order valence-corrected chi connectivity index (χ0v) is 21.3. The number of hydrogen-bond donors (Lipinski definition) is 1. The third-order valence-electron chi connectivity index (χ3n) is 8.51. The summed E-state index contributed by atoms with van der Waals surface area (Å²) in [5.41, 5.74) is 1.69. The fourth-order valence-corrected chi connectivity index (χ4v) is 10.2. The second-order valence-corrected chi connectivity index (χ2v) is 12.1. The summed E-state index contributed by atoms with van der Waals surface area (Å²) in [6.07, 6.45) is 0.862. The summed E-state index contributed by atoms with van der Waals surface area (Å²) in [4.78, 5) is 45.2. The molecule has 7 nitrogen and oxygen atoms in total. The molecule has 1 aromatic heterocycles. The highest BCUT2D eigenvalue weighted by Gasteiger charge is 2.69. The highest BCUT2D eigenvalue weighted by atomic mass is 32.2. The van der Waals surface area contributed by atoms with Crippen molar-refractivity contribution in [2.24, 2.45) is 29.6 Å². The first-order valence-corrected chi connectivity index (χ1v) is 13.8. The van der Waals surface area contributed by atoms with E-state index in [0.717, 1.165) is 21.9 Å². The number of thioether (sulfide) groups is 1. The number of H-pyrrole nitrogens is 1. The van der Waals surface area contributed by atoms with Gasteiger partial charge in [0.2, 0.25) is 11.8 Å². The number of carbonyl (C=O) groups is 2. The van der Waals surface area contributed by atoms with Crippen LogP contribution in [0.3, 0.4) is 0 Å². The number of methoxy groups -OCH3 is 2. The largest absolute Gasteiger partial charge is 0.493 e. The standard InChI is InChI=1S/C27H24N2O5S2/c1-33-16-9-8-12(10-17(16)34-2)18-19-14-11-15(22(19)35-24-23(18)36-27(32)28-24)21-20(14)25(30)29(26(21)31)13-6-4-3-5-7-13/h3-10,14-15,18-22H,11H2,1-2H3,(H,28,32)/t14-,15+,18+,19+,20+,21+,22-/m0/s1. The smallest absolute Gasteiger partial charge is 0.305 e. The zero-order chi connectivity index (χ0) is 24.7. The molecule has 0 radical (unpaired) electrons. The number of aromatic nitrogens is 1. The van der Waals surface area contributed by atoms with Crippen LogP contribution in [0.1, 0.15) is 22.8 Å². The number of carbonyl (C=O) groups excluding carboxylic acids is 2. The first kappa shape index (κ1) is 22.2. The molecule has 3 fully saturated rings. The Kier molecular flexibility index (Phi) is 4.92. The van der Waals surface area contributed by atoms with Gasteiger partial charge in [0.1, 0.15) is 0 Å². The van der Waals surface area contributed by atoms with E-state index in [0.29, 0.717) is 17.2 Å². The number of anilines is 1. The molecule has 7 rings (SSSR count).